The van der Waals surface area contributed by atoms with E-state index in [1.807, 2.05) is 23.3 Å². The van der Waals surface area contributed by atoms with Gasteiger partial charge in [-0.2, -0.15) is 0 Å². The molecule has 4 nitrogen and oxygen atoms in total. The summed E-state index contributed by atoms with van der Waals surface area (Å²) in [4.78, 5) is 27.6. The van der Waals surface area contributed by atoms with Crippen LogP contribution in [0.15, 0.2) is 15.9 Å². The Morgan fingerprint density at radius 3 is 2.80 bits per heavy atom. The molecule has 1 aliphatic carbocycles. The summed E-state index contributed by atoms with van der Waals surface area (Å²) >= 11 is 5.07. The largest absolute Gasteiger partial charge is 0.344 e. The molecule has 2 fully saturated rings. The second kappa shape index (κ2) is 5.48. The molecule has 6 heteroatoms. The smallest absolute Gasteiger partial charge is 0.246 e. The second-order valence-corrected chi connectivity index (χ2v) is 7.54. The maximum Gasteiger partial charge on any atom is 0.246 e. The topological polar surface area (TPSA) is 49.4 Å². The number of hydrogen-bond acceptors (Lipinski definition) is 3. The molecule has 2 aliphatic rings. The van der Waals surface area contributed by atoms with Crippen LogP contribution in [-0.4, -0.2) is 28.8 Å². The van der Waals surface area contributed by atoms with Crippen LogP contribution in [0.3, 0.4) is 0 Å². The number of amides is 2. The highest BCUT2D eigenvalue weighted by Gasteiger charge is 2.42. The molecule has 3 rings (SSSR count). The van der Waals surface area contributed by atoms with Crippen molar-refractivity contribution in [2.75, 3.05) is 0 Å². The van der Waals surface area contributed by atoms with E-state index in [0.29, 0.717) is 18.9 Å². The minimum absolute atomic E-state index is 0.00221. The normalized spacial score (nSPS) is 27.4. The van der Waals surface area contributed by atoms with Crippen LogP contribution in [0.25, 0.3) is 0 Å². The quantitative estimate of drug-likeness (QED) is 0.904. The Hall–Kier alpha value is -0.880. The van der Waals surface area contributed by atoms with E-state index in [4.69, 9.17) is 0 Å². The van der Waals surface area contributed by atoms with Gasteiger partial charge in [-0.05, 0) is 47.7 Å². The molecular weight excluding hydrogens is 340 g/mol. The van der Waals surface area contributed by atoms with Crippen LogP contribution in [0.1, 0.15) is 31.1 Å². The monoisotopic (exact) mass is 356 g/mol. The van der Waals surface area contributed by atoms with Gasteiger partial charge in [-0.3, -0.25) is 9.59 Å². The number of carbonyl (C=O) groups excluding carboxylic acids is 2. The number of halogens is 1. The standard InChI is InChI=1S/C14H17BrN2O2S/c1-8-4-12(18)16-13(9-2-3-9)14(19)17(8)6-11-5-10(15)7-20-11/h5,7-9,13H,2-4,6H2,1H3,(H,16,18). The molecule has 1 aromatic heterocycles. The van der Waals surface area contributed by atoms with Crippen molar-refractivity contribution in [2.24, 2.45) is 5.92 Å². The van der Waals surface area contributed by atoms with Crippen molar-refractivity contribution in [2.45, 2.75) is 44.8 Å². The highest BCUT2D eigenvalue weighted by atomic mass is 79.9. The number of carbonyl (C=O) groups is 2. The zero-order valence-electron chi connectivity index (χ0n) is 11.3. The molecule has 1 aromatic rings. The second-order valence-electron chi connectivity index (χ2n) is 5.63. The van der Waals surface area contributed by atoms with Crippen LogP contribution in [0.2, 0.25) is 0 Å². The first-order valence-electron chi connectivity index (χ1n) is 6.87. The Morgan fingerprint density at radius 1 is 1.45 bits per heavy atom. The number of nitrogens with one attached hydrogen (secondary N) is 1. The third-order valence-electron chi connectivity index (χ3n) is 3.92. The lowest BCUT2D eigenvalue weighted by Gasteiger charge is -2.28. The van der Waals surface area contributed by atoms with E-state index in [9.17, 15) is 9.59 Å². The van der Waals surface area contributed by atoms with Crippen molar-refractivity contribution in [3.05, 3.63) is 20.8 Å². The number of thiophene rings is 1. The van der Waals surface area contributed by atoms with Crippen LogP contribution in [0, 0.1) is 5.92 Å². The van der Waals surface area contributed by atoms with Gasteiger partial charge in [-0.1, -0.05) is 0 Å². The molecule has 0 spiro atoms. The maximum absolute atomic E-state index is 12.7. The van der Waals surface area contributed by atoms with Gasteiger partial charge < -0.3 is 10.2 Å². The van der Waals surface area contributed by atoms with Crippen LogP contribution < -0.4 is 5.32 Å². The molecule has 1 aliphatic heterocycles. The molecule has 2 unspecified atom stereocenters. The zero-order valence-corrected chi connectivity index (χ0v) is 13.7. The van der Waals surface area contributed by atoms with E-state index < -0.39 is 0 Å². The summed E-state index contributed by atoms with van der Waals surface area (Å²) < 4.78 is 1.04. The van der Waals surface area contributed by atoms with Crippen molar-refractivity contribution in [1.82, 2.24) is 10.2 Å². The third kappa shape index (κ3) is 2.91. The average molecular weight is 357 g/mol. The summed E-state index contributed by atoms with van der Waals surface area (Å²) in [6, 6.07) is 1.68. The van der Waals surface area contributed by atoms with Gasteiger partial charge in [-0.15, -0.1) is 11.3 Å². The Labute approximate surface area is 130 Å². The van der Waals surface area contributed by atoms with Gasteiger partial charge in [0.1, 0.15) is 6.04 Å². The Bertz CT molecular complexity index is 541. The number of hydrogen-bond donors (Lipinski definition) is 1. The fourth-order valence-electron chi connectivity index (χ4n) is 2.66. The molecule has 2 atom stereocenters. The minimum atomic E-state index is -0.309. The molecule has 1 saturated heterocycles. The molecule has 20 heavy (non-hydrogen) atoms. The van der Waals surface area contributed by atoms with Gasteiger partial charge in [0.2, 0.25) is 11.8 Å². The molecule has 1 N–H and O–H groups in total. The summed E-state index contributed by atoms with van der Waals surface area (Å²) in [6.45, 7) is 2.55. The SMILES string of the molecule is CC1CC(=O)NC(C2CC2)C(=O)N1Cc1cc(Br)cs1. The van der Waals surface area contributed by atoms with E-state index >= 15 is 0 Å². The van der Waals surface area contributed by atoms with Gasteiger partial charge in [0.25, 0.3) is 0 Å². The molecule has 2 amide bonds. The first kappa shape index (κ1) is 14.1. The van der Waals surface area contributed by atoms with Crippen molar-refractivity contribution >= 4 is 39.1 Å². The molecule has 1 saturated carbocycles. The number of nitrogens with zero attached hydrogens (tertiary/aromatic N) is 1. The van der Waals surface area contributed by atoms with Crippen LogP contribution >= 0.6 is 27.3 Å². The summed E-state index contributed by atoms with van der Waals surface area (Å²) in [6.07, 6.45) is 2.48. The highest BCUT2D eigenvalue weighted by Crippen LogP contribution is 2.35. The maximum atomic E-state index is 12.7. The van der Waals surface area contributed by atoms with E-state index in [2.05, 4.69) is 21.2 Å². The van der Waals surface area contributed by atoms with E-state index in [0.717, 1.165) is 22.2 Å². The first-order chi connectivity index (χ1) is 9.54. The zero-order chi connectivity index (χ0) is 14.3. The van der Waals surface area contributed by atoms with Crippen molar-refractivity contribution < 1.29 is 9.59 Å². The molecule has 0 radical (unpaired) electrons. The summed E-state index contributed by atoms with van der Waals surface area (Å²) in [5.41, 5.74) is 0. The molecule has 0 aromatic carbocycles. The third-order valence-corrected chi connectivity index (χ3v) is 5.60. The highest BCUT2D eigenvalue weighted by molar-refractivity contribution is 9.10. The van der Waals surface area contributed by atoms with Gasteiger partial charge in [-0.25, -0.2) is 0 Å². The predicted molar refractivity (Wildman–Crippen MR) is 81.3 cm³/mol. The van der Waals surface area contributed by atoms with E-state index in [1.165, 1.54) is 0 Å². The Balaban J connectivity index is 1.81. The summed E-state index contributed by atoms with van der Waals surface area (Å²) in [5, 5.41) is 4.92. The van der Waals surface area contributed by atoms with Crippen LogP contribution in [0.4, 0.5) is 0 Å². The summed E-state index contributed by atoms with van der Waals surface area (Å²) in [5.74, 6) is 0.419. The first-order valence-corrected chi connectivity index (χ1v) is 8.54. The summed E-state index contributed by atoms with van der Waals surface area (Å²) in [7, 11) is 0. The Kier molecular flexibility index (Phi) is 3.86. The predicted octanol–water partition coefficient (Wildman–Crippen LogP) is 2.53. The van der Waals surface area contributed by atoms with Crippen molar-refractivity contribution in [1.29, 1.82) is 0 Å². The molecule has 0 bridgehead atoms. The lowest BCUT2D eigenvalue weighted by molar-refractivity contribution is -0.136. The molecule has 108 valence electrons. The molecule has 2 heterocycles. The lowest BCUT2D eigenvalue weighted by Crippen LogP contribution is -2.47. The fourth-order valence-corrected chi connectivity index (χ4v) is 4.10. The fraction of sp³-hybridized carbons (Fsp3) is 0.571. The van der Waals surface area contributed by atoms with Gasteiger partial charge in [0, 0.05) is 27.2 Å². The average Bonchev–Trinajstić information content (AvgIpc) is 3.15. The van der Waals surface area contributed by atoms with Crippen molar-refractivity contribution in [3.63, 3.8) is 0 Å². The molecular formula is C14H17BrN2O2S. The van der Waals surface area contributed by atoms with E-state index in [-0.39, 0.29) is 23.9 Å². The van der Waals surface area contributed by atoms with Gasteiger partial charge in [0.15, 0.2) is 0 Å². The van der Waals surface area contributed by atoms with Crippen LogP contribution in [-0.2, 0) is 16.1 Å². The number of rotatable bonds is 3. The van der Waals surface area contributed by atoms with Crippen molar-refractivity contribution in [3.8, 4) is 0 Å². The van der Waals surface area contributed by atoms with E-state index in [1.54, 1.807) is 11.3 Å². The minimum Gasteiger partial charge on any atom is -0.344 e. The van der Waals surface area contributed by atoms with Gasteiger partial charge >= 0.3 is 0 Å². The van der Waals surface area contributed by atoms with Crippen LogP contribution in [0.5, 0.6) is 0 Å². The lowest BCUT2D eigenvalue weighted by atomic mass is 10.1. The Morgan fingerprint density at radius 2 is 2.20 bits per heavy atom. The van der Waals surface area contributed by atoms with Gasteiger partial charge in [0.05, 0.1) is 6.54 Å².